The zero-order valence-electron chi connectivity index (χ0n) is 15.9. The van der Waals surface area contributed by atoms with Gasteiger partial charge < -0.3 is 5.11 Å². The Hall–Kier alpha value is -1.60. The lowest BCUT2D eigenvalue weighted by Gasteiger charge is -2.40. The summed E-state index contributed by atoms with van der Waals surface area (Å²) in [6, 6.07) is 0. The molecular weight excluding hydrogens is 499 g/mol. The standard InChI is InChI=1S/C13H13F13O6/c1-6(14,5(27)28)29-10(18,19)7(2,15)30-11(20,21)8(3,16)31-12(22,23)9(4,17)32-13(24,25)26/h1-4H3,(H,27,28). The highest BCUT2D eigenvalue weighted by Crippen LogP contribution is 2.49. The Morgan fingerprint density at radius 1 is 0.531 bits per heavy atom. The van der Waals surface area contributed by atoms with E-state index in [9.17, 15) is 61.9 Å². The number of rotatable bonds is 11. The first kappa shape index (κ1) is 30.4. The van der Waals surface area contributed by atoms with E-state index in [1.807, 2.05) is 0 Å². The second-order valence-corrected chi connectivity index (χ2v) is 6.38. The number of alkyl halides is 13. The molecule has 1 N–H and O–H groups in total. The van der Waals surface area contributed by atoms with Crippen molar-refractivity contribution in [3.63, 3.8) is 0 Å². The molecule has 0 aromatic carbocycles. The van der Waals surface area contributed by atoms with Crippen LogP contribution in [0.25, 0.3) is 0 Å². The quantitative estimate of drug-likeness (QED) is 0.385. The molecule has 0 amide bonds. The summed E-state index contributed by atoms with van der Waals surface area (Å²) in [6.45, 7) is -2.55. The molecule has 0 heterocycles. The van der Waals surface area contributed by atoms with Gasteiger partial charge in [-0.25, -0.2) is 22.7 Å². The van der Waals surface area contributed by atoms with E-state index >= 15 is 0 Å². The average Bonchev–Trinajstić information content (AvgIpc) is 2.40. The topological polar surface area (TPSA) is 74.2 Å². The summed E-state index contributed by atoms with van der Waals surface area (Å²) in [4.78, 5) is 10.4. The van der Waals surface area contributed by atoms with E-state index in [0.717, 1.165) is 0 Å². The Labute approximate surface area is 169 Å². The zero-order valence-corrected chi connectivity index (χ0v) is 15.9. The summed E-state index contributed by atoms with van der Waals surface area (Å²) >= 11 is 0. The molecule has 0 fully saturated rings. The molecule has 32 heavy (non-hydrogen) atoms. The summed E-state index contributed by atoms with van der Waals surface area (Å²) in [5.74, 6) is -23.7. The smallest absolute Gasteiger partial charge is 0.477 e. The minimum Gasteiger partial charge on any atom is -0.477 e. The van der Waals surface area contributed by atoms with E-state index in [4.69, 9.17) is 5.11 Å². The Kier molecular flexibility index (Phi) is 7.90. The van der Waals surface area contributed by atoms with Gasteiger partial charge in [0.05, 0.1) is 0 Å². The van der Waals surface area contributed by atoms with Crippen molar-refractivity contribution in [1.82, 2.24) is 0 Å². The monoisotopic (exact) mass is 512 g/mol. The van der Waals surface area contributed by atoms with Crippen molar-refractivity contribution in [2.45, 2.75) is 75.8 Å². The van der Waals surface area contributed by atoms with E-state index in [1.54, 1.807) is 0 Å². The second kappa shape index (κ2) is 8.32. The molecule has 4 unspecified atom stereocenters. The molecule has 0 aromatic rings. The molecule has 0 aliphatic heterocycles. The predicted octanol–water partition coefficient (Wildman–Crippen LogP) is 5.18. The Morgan fingerprint density at radius 3 is 1.03 bits per heavy atom. The van der Waals surface area contributed by atoms with Gasteiger partial charge in [-0.1, -0.05) is 0 Å². The van der Waals surface area contributed by atoms with Gasteiger partial charge in [0, 0.05) is 27.7 Å². The Balaban J connectivity index is 5.86. The summed E-state index contributed by atoms with van der Waals surface area (Å²) in [5.41, 5.74) is 0. The molecule has 0 spiro atoms. The van der Waals surface area contributed by atoms with Crippen LogP contribution in [0, 0.1) is 0 Å². The third-order valence-electron chi connectivity index (χ3n) is 3.21. The van der Waals surface area contributed by atoms with E-state index in [0.29, 0.717) is 0 Å². The minimum absolute atomic E-state index is 0.261. The maximum atomic E-state index is 14.0. The number of hydrogen-bond donors (Lipinski definition) is 1. The molecule has 0 rings (SSSR count). The van der Waals surface area contributed by atoms with Gasteiger partial charge in [-0.2, -0.15) is 30.7 Å². The highest BCUT2D eigenvalue weighted by molar-refractivity contribution is 5.74. The largest absolute Gasteiger partial charge is 0.525 e. The molecule has 4 atom stereocenters. The van der Waals surface area contributed by atoms with Crippen LogP contribution in [-0.4, -0.2) is 59.2 Å². The van der Waals surface area contributed by atoms with Crippen LogP contribution in [-0.2, 0) is 23.7 Å². The second-order valence-electron chi connectivity index (χ2n) is 6.38. The number of aliphatic carboxylic acids is 1. The number of hydrogen-bond acceptors (Lipinski definition) is 5. The van der Waals surface area contributed by atoms with Crippen LogP contribution < -0.4 is 0 Å². The third-order valence-corrected chi connectivity index (χ3v) is 3.21. The maximum Gasteiger partial charge on any atom is 0.525 e. The summed E-state index contributed by atoms with van der Waals surface area (Å²) in [7, 11) is 0. The van der Waals surface area contributed by atoms with E-state index < -0.39 is 74.8 Å². The number of ether oxygens (including phenoxy) is 4. The third kappa shape index (κ3) is 6.95. The first-order valence-electron chi connectivity index (χ1n) is 7.52. The van der Waals surface area contributed by atoms with Crippen LogP contribution in [0.4, 0.5) is 57.1 Å². The van der Waals surface area contributed by atoms with Gasteiger partial charge in [-0.05, 0) is 0 Å². The van der Waals surface area contributed by atoms with Gasteiger partial charge in [-0.15, -0.1) is 13.2 Å². The van der Waals surface area contributed by atoms with Crippen LogP contribution in [0.1, 0.15) is 27.7 Å². The summed E-state index contributed by atoms with van der Waals surface area (Å²) in [6.07, 6.45) is -24.7. The molecule has 0 aliphatic carbocycles. The van der Waals surface area contributed by atoms with Gasteiger partial charge in [0.25, 0.3) is 0 Å². The molecule has 0 radical (unpaired) electrons. The van der Waals surface area contributed by atoms with Crippen LogP contribution in [0.15, 0.2) is 0 Å². The van der Waals surface area contributed by atoms with Gasteiger partial charge in [0.2, 0.25) is 0 Å². The van der Waals surface area contributed by atoms with E-state index in [2.05, 4.69) is 18.9 Å². The molecule has 19 heteroatoms. The number of carboxylic acid groups (broad SMARTS) is 1. The molecule has 0 aliphatic rings. The molecule has 0 aromatic heterocycles. The van der Waals surface area contributed by atoms with Crippen LogP contribution in [0.5, 0.6) is 0 Å². The fraction of sp³-hybridized carbons (Fsp3) is 0.923. The van der Waals surface area contributed by atoms with Gasteiger partial charge in [0.15, 0.2) is 0 Å². The molecule has 0 saturated heterocycles. The van der Waals surface area contributed by atoms with Crippen LogP contribution in [0.3, 0.4) is 0 Å². The Morgan fingerprint density at radius 2 is 0.781 bits per heavy atom. The number of halogens is 13. The summed E-state index contributed by atoms with van der Waals surface area (Å²) < 4.78 is 183. The van der Waals surface area contributed by atoms with E-state index in [-0.39, 0.29) is 6.92 Å². The van der Waals surface area contributed by atoms with Gasteiger partial charge in [0.1, 0.15) is 0 Å². The van der Waals surface area contributed by atoms with Crippen molar-refractivity contribution >= 4 is 5.97 Å². The minimum atomic E-state index is -6.32. The normalized spacial score (nSPS) is 21.8. The number of carbonyl (C=O) groups is 1. The van der Waals surface area contributed by atoms with Crippen molar-refractivity contribution in [2.24, 2.45) is 0 Å². The van der Waals surface area contributed by atoms with Gasteiger partial charge in [-0.3, -0.25) is 14.2 Å². The lowest BCUT2D eigenvalue weighted by Crippen LogP contribution is -2.61. The molecule has 0 bridgehead atoms. The van der Waals surface area contributed by atoms with Crippen molar-refractivity contribution in [1.29, 1.82) is 0 Å². The van der Waals surface area contributed by atoms with Crippen molar-refractivity contribution < 1.29 is 85.9 Å². The lowest BCUT2D eigenvalue weighted by atomic mass is 10.2. The molecule has 0 saturated carbocycles. The van der Waals surface area contributed by atoms with Crippen LogP contribution in [0.2, 0.25) is 0 Å². The first-order chi connectivity index (χ1) is 13.5. The highest BCUT2D eigenvalue weighted by atomic mass is 19.4. The fourth-order valence-electron chi connectivity index (χ4n) is 1.43. The predicted molar refractivity (Wildman–Crippen MR) is 70.9 cm³/mol. The van der Waals surface area contributed by atoms with Crippen molar-refractivity contribution in [3.05, 3.63) is 0 Å². The highest BCUT2D eigenvalue weighted by Gasteiger charge is 2.71. The van der Waals surface area contributed by atoms with Crippen molar-refractivity contribution in [2.75, 3.05) is 0 Å². The summed E-state index contributed by atoms with van der Waals surface area (Å²) in [5, 5.41) is 8.28. The lowest BCUT2D eigenvalue weighted by molar-refractivity contribution is -0.526. The Bertz CT molecular complexity index is 686. The fourth-order valence-corrected chi connectivity index (χ4v) is 1.43. The number of carboxylic acids is 1. The van der Waals surface area contributed by atoms with Gasteiger partial charge >= 0.3 is 54.1 Å². The van der Waals surface area contributed by atoms with E-state index in [1.165, 1.54) is 0 Å². The molecular formula is C13H13F13O6. The zero-order chi connectivity index (χ0) is 26.4. The molecule has 6 nitrogen and oxygen atoms in total. The van der Waals surface area contributed by atoms with Crippen molar-refractivity contribution in [3.8, 4) is 0 Å². The SMILES string of the molecule is CC(F)(OC(F)(F)C(C)(F)OC(F)(F)C(C)(F)OC(F)(F)C(C)(F)OC(F)(F)F)C(=O)O. The average molecular weight is 512 g/mol. The van der Waals surface area contributed by atoms with Crippen LogP contribution >= 0.6 is 0 Å². The maximum absolute atomic E-state index is 14.0. The first-order valence-corrected chi connectivity index (χ1v) is 7.52. The molecule has 192 valence electrons.